The van der Waals surface area contributed by atoms with Crippen molar-refractivity contribution in [2.24, 2.45) is 0 Å². The minimum Gasteiger partial charge on any atom is -0.360 e. The lowest BCUT2D eigenvalue weighted by Crippen LogP contribution is -2.18. The number of aromatic nitrogens is 1. The van der Waals surface area contributed by atoms with Crippen molar-refractivity contribution < 1.29 is 4.79 Å². The summed E-state index contributed by atoms with van der Waals surface area (Å²) in [5, 5.41) is 3.87. The minimum absolute atomic E-state index is 0.116. The van der Waals surface area contributed by atoms with Crippen molar-refractivity contribution in [1.82, 2.24) is 10.3 Å². The molecule has 3 nitrogen and oxygen atoms in total. The average molecular weight is 314 g/mol. The molecule has 78 valence electrons. The maximum atomic E-state index is 11.7. The van der Waals surface area contributed by atoms with Crippen LogP contribution in [0, 0.1) is 3.57 Å². The summed E-state index contributed by atoms with van der Waals surface area (Å²) in [6.07, 6.45) is 1.78. The number of halogens is 1. The zero-order chi connectivity index (χ0) is 10.8. The number of fused-ring (bicyclic) bond motifs is 1. The molecular weight excluding hydrogens is 303 g/mol. The fraction of sp³-hybridized carbons (Fsp3) is 0.182. The zero-order valence-electron chi connectivity index (χ0n) is 8.30. The van der Waals surface area contributed by atoms with Gasteiger partial charge in [0, 0.05) is 26.2 Å². The van der Waals surface area contributed by atoms with Crippen LogP contribution in [0.1, 0.15) is 10.4 Å². The third kappa shape index (κ3) is 2.05. The number of Topliss-reactive ketones (excluding diaryl/α,β-unsaturated/α-hetero) is 1. The Morgan fingerprint density at radius 1 is 1.53 bits per heavy atom. The highest BCUT2D eigenvalue weighted by atomic mass is 127. The van der Waals surface area contributed by atoms with E-state index in [9.17, 15) is 4.79 Å². The van der Waals surface area contributed by atoms with Crippen molar-refractivity contribution in [3.63, 3.8) is 0 Å². The molecule has 0 amide bonds. The first-order chi connectivity index (χ1) is 7.22. The molecule has 0 saturated heterocycles. The Balaban J connectivity index is 2.52. The monoisotopic (exact) mass is 314 g/mol. The third-order valence-corrected chi connectivity index (χ3v) is 2.95. The molecule has 1 heterocycles. The maximum absolute atomic E-state index is 11.7. The van der Waals surface area contributed by atoms with E-state index in [1.54, 1.807) is 13.2 Å². The van der Waals surface area contributed by atoms with Gasteiger partial charge in [0.15, 0.2) is 5.78 Å². The predicted molar refractivity (Wildman–Crippen MR) is 69.3 cm³/mol. The number of carbonyl (C=O) groups excluding carboxylic acids is 1. The summed E-state index contributed by atoms with van der Waals surface area (Å²) in [5.74, 6) is 0.116. The summed E-state index contributed by atoms with van der Waals surface area (Å²) in [6, 6.07) is 6.04. The molecule has 2 rings (SSSR count). The SMILES string of the molecule is CNCC(=O)c1c[nH]c2ccc(I)cc12. The molecule has 0 bridgehead atoms. The molecule has 0 atom stereocenters. The molecule has 2 N–H and O–H groups in total. The van der Waals surface area contributed by atoms with Gasteiger partial charge in [-0.15, -0.1) is 0 Å². The zero-order valence-corrected chi connectivity index (χ0v) is 10.5. The number of benzene rings is 1. The number of carbonyl (C=O) groups is 1. The second-order valence-electron chi connectivity index (χ2n) is 3.35. The second-order valence-corrected chi connectivity index (χ2v) is 4.59. The van der Waals surface area contributed by atoms with Gasteiger partial charge in [0.1, 0.15) is 0 Å². The van der Waals surface area contributed by atoms with Gasteiger partial charge in [-0.1, -0.05) is 0 Å². The van der Waals surface area contributed by atoms with Crippen LogP contribution in [0.3, 0.4) is 0 Å². The summed E-state index contributed by atoms with van der Waals surface area (Å²) >= 11 is 2.25. The number of rotatable bonds is 3. The summed E-state index contributed by atoms with van der Waals surface area (Å²) in [5.41, 5.74) is 1.77. The van der Waals surface area contributed by atoms with E-state index < -0.39 is 0 Å². The van der Waals surface area contributed by atoms with Gasteiger partial charge in [-0.2, -0.15) is 0 Å². The molecule has 0 spiro atoms. The van der Waals surface area contributed by atoms with Crippen LogP contribution in [0.4, 0.5) is 0 Å². The van der Waals surface area contributed by atoms with E-state index >= 15 is 0 Å². The van der Waals surface area contributed by atoms with Crippen LogP contribution < -0.4 is 5.32 Å². The largest absolute Gasteiger partial charge is 0.360 e. The minimum atomic E-state index is 0.116. The van der Waals surface area contributed by atoms with Crippen molar-refractivity contribution in [2.45, 2.75) is 0 Å². The van der Waals surface area contributed by atoms with Crippen molar-refractivity contribution in [1.29, 1.82) is 0 Å². The summed E-state index contributed by atoms with van der Waals surface area (Å²) in [7, 11) is 1.77. The van der Waals surface area contributed by atoms with Gasteiger partial charge in [-0.3, -0.25) is 4.79 Å². The molecule has 2 aromatic rings. The van der Waals surface area contributed by atoms with E-state index in [0.29, 0.717) is 6.54 Å². The van der Waals surface area contributed by atoms with E-state index in [1.165, 1.54) is 0 Å². The lowest BCUT2D eigenvalue weighted by molar-refractivity contribution is 0.0995. The van der Waals surface area contributed by atoms with Crippen molar-refractivity contribution >= 4 is 39.3 Å². The maximum Gasteiger partial charge on any atom is 0.178 e. The molecule has 0 saturated carbocycles. The molecule has 1 aromatic heterocycles. The van der Waals surface area contributed by atoms with E-state index in [4.69, 9.17) is 0 Å². The van der Waals surface area contributed by atoms with Crippen LogP contribution in [0.5, 0.6) is 0 Å². The number of H-pyrrole nitrogens is 1. The molecule has 0 unspecified atom stereocenters. The van der Waals surface area contributed by atoms with Gasteiger partial charge in [0.25, 0.3) is 0 Å². The van der Waals surface area contributed by atoms with Crippen LogP contribution in [0.2, 0.25) is 0 Å². The first-order valence-corrected chi connectivity index (χ1v) is 5.74. The molecule has 0 aliphatic rings. The van der Waals surface area contributed by atoms with Crippen LogP contribution in [-0.2, 0) is 0 Å². The number of ketones is 1. The highest BCUT2D eigenvalue weighted by Crippen LogP contribution is 2.20. The Hall–Kier alpha value is -0.880. The number of aromatic amines is 1. The summed E-state index contributed by atoms with van der Waals surface area (Å²) < 4.78 is 1.14. The number of likely N-dealkylation sites (N-methyl/N-ethyl adjacent to an activating group) is 1. The first kappa shape index (κ1) is 10.6. The van der Waals surface area contributed by atoms with E-state index in [2.05, 4.69) is 32.9 Å². The molecule has 0 aliphatic heterocycles. The van der Waals surface area contributed by atoms with Crippen LogP contribution >= 0.6 is 22.6 Å². The quantitative estimate of drug-likeness (QED) is 0.674. The molecule has 0 radical (unpaired) electrons. The number of nitrogens with one attached hydrogen (secondary N) is 2. The van der Waals surface area contributed by atoms with Gasteiger partial charge in [-0.25, -0.2) is 0 Å². The fourth-order valence-corrected chi connectivity index (χ4v) is 2.07. The van der Waals surface area contributed by atoms with Crippen molar-refractivity contribution in [2.75, 3.05) is 13.6 Å². The van der Waals surface area contributed by atoms with Crippen LogP contribution in [-0.4, -0.2) is 24.4 Å². The van der Waals surface area contributed by atoms with Crippen molar-refractivity contribution in [3.8, 4) is 0 Å². The lowest BCUT2D eigenvalue weighted by Gasteiger charge is -1.98. The molecule has 15 heavy (non-hydrogen) atoms. The van der Waals surface area contributed by atoms with E-state index in [0.717, 1.165) is 20.0 Å². The topological polar surface area (TPSA) is 44.9 Å². The summed E-state index contributed by atoms with van der Waals surface area (Å²) in [4.78, 5) is 14.8. The van der Waals surface area contributed by atoms with Gasteiger partial charge in [0.05, 0.1) is 6.54 Å². The number of hydrogen-bond donors (Lipinski definition) is 2. The molecule has 1 aromatic carbocycles. The average Bonchev–Trinajstić information content (AvgIpc) is 2.60. The van der Waals surface area contributed by atoms with Crippen LogP contribution in [0.15, 0.2) is 24.4 Å². The molecular formula is C11H11IN2O. The van der Waals surface area contributed by atoms with E-state index in [-0.39, 0.29) is 5.78 Å². The Morgan fingerprint density at radius 3 is 3.07 bits per heavy atom. The lowest BCUT2D eigenvalue weighted by atomic mass is 10.1. The Kier molecular flexibility index (Phi) is 3.06. The normalized spacial score (nSPS) is 10.8. The third-order valence-electron chi connectivity index (χ3n) is 2.28. The van der Waals surface area contributed by atoms with Gasteiger partial charge >= 0.3 is 0 Å². The molecule has 4 heteroatoms. The smallest absolute Gasteiger partial charge is 0.178 e. The fourth-order valence-electron chi connectivity index (χ4n) is 1.58. The predicted octanol–water partition coefficient (Wildman–Crippen LogP) is 2.17. The van der Waals surface area contributed by atoms with Gasteiger partial charge < -0.3 is 10.3 Å². The second kappa shape index (κ2) is 4.32. The first-order valence-electron chi connectivity index (χ1n) is 4.67. The highest BCUT2D eigenvalue weighted by Gasteiger charge is 2.10. The Labute approximate surface area is 101 Å². The number of hydrogen-bond acceptors (Lipinski definition) is 2. The Bertz CT molecular complexity index is 504. The molecule has 0 fully saturated rings. The summed E-state index contributed by atoms with van der Waals surface area (Å²) in [6.45, 7) is 0.373. The van der Waals surface area contributed by atoms with Gasteiger partial charge in [-0.05, 0) is 47.8 Å². The van der Waals surface area contributed by atoms with Crippen molar-refractivity contribution in [3.05, 3.63) is 33.5 Å². The van der Waals surface area contributed by atoms with E-state index in [1.807, 2.05) is 18.2 Å². The highest BCUT2D eigenvalue weighted by molar-refractivity contribution is 14.1. The standard InChI is InChI=1S/C11H11IN2O/c1-13-6-11(15)9-5-14-10-3-2-7(12)4-8(9)10/h2-5,13-14H,6H2,1H3. The molecule has 0 aliphatic carbocycles. The Morgan fingerprint density at radius 2 is 2.33 bits per heavy atom. The van der Waals surface area contributed by atoms with Crippen LogP contribution in [0.25, 0.3) is 10.9 Å². The van der Waals surface area contributed by atoms with Gasteiger partial charge in [0.2, 0.25) is 0 Å².